The van der Waals surface area contributed by atoms with Crippen LogP contribution in [-0.2, 0) is 11.2 Å². The van der Waals surface area contributed by atoms with Crippen LogP contribution in [0, 0.1) is 0 Å². The van der Waals surface area contributed by atoms with E-state index >= 15 is 0 Å². The van der Waals surface area contributed by atoms with Gasteiger partial charge in [-0.2, -0.15) is 0 Å². The molecule has 122 valence electrons. The highest BCUT2D eigenvalue weighted by molar-refractivity contribution is 7.18. The minimum Gasteiger partial charge on any atom is -0.484 e. The third-order valence-electron chi connectivity index (χ3n) is 3.39. The maximum Gasteiger partial charge on any atom is 0.257 e. The summed E-state index contributed by atoms with van der Waals surface area (Å²) in [6.45, 7) is 0.465. The topological polar surface area (TPSA) is 68.3 Å². The van der Waals surface area contributed by atoms with Crippen molar-refractivity contribution in [3.05, 3.63) is 59.1 Å². The quantitative estimate of drug-likeness (QED) is 0.672. The van der Waals surface area contributed by atoms with Crippen molar-refractivity contribution < 1.29 is 14.3 Å². The predicted octanol–water partition coefficient (Wildman–Crippen LogP) is 2.85. The summed E-state index contributed by atoms with van der Waals surface area (Å²) in [5, 5.41) is 3.82. The van der Waals surface area contributed by atoms with E-state index in [1.54, 1.807) is 35.6 Å². The summed E-state index contributed by atoms with van der Waals surface area (Å²) >= 11 is 1.64. The molecule has 0 aliphatic carbocycles. The van der Waals surface area contributed by atoms with Crippen molar-refractivity contribution in [1.29, 1.82) is 0 Å². The molecule has 1 N–H and O–H groups in total. The van der Waals surface area contributed by atoms with Gasteiger partial charge >= 0.3 is 0 Å². The Labute approximate surface area is 143 Å². The maximum atomic E-state index is 11.8. The normalized spacial score (nSPS) is 10.5. The number of para-hydroxylation sites is 1. The van der Waals surface area contributed by atoms with Gasteiger partial charge in [0.15, 0.2) is 6.61 Å². The van der Waals surface area contributed by atoms with Crippen molar-refractivity contribution in [2.24, 2.45) is 0 Å². The van der Waals surface area contributed by atoms with Gasteiger partial charge in [0.1, 0.15) is 12.0 Å². The van der Waals surface area contributed by atoms with Crippen LogP contribution in [0.15, 0.2) is 48.5 Å². The first-order valence-corrected chi connectivity index (χ1v) is 8.35. The summed E-state index contributed by atoms with van der Waals surface area (Å²) < 4.78 is 6.53. The number of rotatable bonds is 7. The van der Waals surface area contributed by atoms with Crippen LogP contribution in [0.4, 0.5) is 0 Å². The predicted molar refractivity (Wildman–Crippen MR) is 93.7 cm³/mol. The molecule has 6 heteroatoms. The van der Waals surface area contributed by atoms with Crippen LogP contribution >= 0.6 is 11.3 Å². The lowest BCUT2D eigenvalue weighted by atomic mass is 10.2. The van der Waals surface area contributed by atoms with Gasteiger partial charge in [-0.05, 0) is 36.4 Å². The molecule has 1 aromatic heterocycles. The van der Waals surface area contributed by atoms with Gasteiger partial charge in [-0.25, -0.2) is 4.98 Å². The molecular formula is C18H16N2O3S. The zero-order valence-electron chi connectivity index (χ0n) is 12.9. The molecule has 0 spiro atoms. The van der Waals surface area contributed by atoms with E-state index < -0.39 is 0 Å². The number of aldehydes is 1. The second-order valence-corrected chi connectivity index (χ2v) is 6.27. The molecule has 0 radical (unpaired) electrons. The highest BCUT2D eigenvalue weighted by Gasteiger charge is 2.05. The number of aromatic nitrogens is 1. The van der Waals surface area contributed by atoms with E-state index in [2.05, 4.69) is 10.3 Å². The number of carbonyl (C=O) groups is 2. The lowest BCUT2D eigenvalue weighted by Gasteiger charge is -2.07. The second-order valence-electron chi connectivity index (χ2n) is 5.15. The van der Waals surface area contributed by atoms with Crippen molar-refractivity contribution in [2.75, 3.05) is 13.2 Å². The molecule has 0 fully saturated rings. The Morgan fingerprint density at radius 3 is 2.71 bits per heavy atom. The summed E-state index contributed by atoms with van der Waals surface area (Å²) in [5.41, 5.74) is 1.56. The van der Waals surface area contributed by atoms with Gasteiger partial charge in [0.05, 0.1) is 15.2 Å². The highest BCUT2D eigenvalue weighted by atomic mass is 32.1. The van der Waals surface area contributed by atoms with Crippen LogP contribution in [0.3, 0.4) is 0 Å². The summed E-state index contributed by atoms with van der Waals surface area (Å²) in [6.07, 6.45) is 1.46. The number of amides is 1. The van der Waals surface area contributed by atoms with Gasteiger partial charge in [-0.1, -0.05) is 12.1 Å². The summed E-state index contributed by atoms with van der Waals surface area (Å²) in [7, 11) is 0. The Morgan fingerprint density at radius 2 is 1.96 bits per heavy atom. The SMILES string of the molecule is O=Cc1ccc(OCC(=O)NCCc2nc3ccccc3s2)cc1. The van der Waals surface area contributed by atoms with Crippen LogP contribution < -0.4 is 10.1 Å². The number of hydrogen-bond acceptors (Lipinski definition) is 5. The van der Waals surface area contributed by atoms with E-state index in [-0.39, 0.29) is 12.5 Å². The van der Waals surface area contributed by atoms with Gasteiger partial charge in [-0.3, -0.25) is 9.59 Å². The molecule has 2 aromatic carbocycles. The van der Waals surface area contributed by atoms with Crippen LogP contribution in [0.5, 0.6) is 5.75 Å². The Bertz CT molecular complexity index is 810. The smallest absolute Gasteiger partial charge is 0.257 e. The second kappa shape index (κ2) is 7.70. The Balaban J connectivity index is 1.42. The standard InChI is InChI=1S/C18H16N2O3S/c21-11-13-5-7-14(8-6-13)23-12-17(22)19-10-9-18-20-15-3-1-2-4-16(15)24-18/h1-8,11H,9-10,12H2,(H,19,22). The average molecular weight is 340 g/mol. The minimum atomic E-state index is -0.185. The van der Waals surface area contributed by atoms with Gasteiger partial charge in [0.2, 0.25) is 0 Å². The van der Waals surface area contributed by atoms with E-state index in [0.29, 0.717) is 24.3 Å². The van der Waals surface area contributed by atoms with Crippen LogP contribution in [0.2, 0.25) is 0 Å². The number of thiazole rings is 1. The number of fused-ring (bicyclic) bond motifs is 1. The van der Waals surface area contributed by atoms with Crippen LogP contribution in [0.25, 0.3) is 10.2 Å². The number of nitrogens with one attached hydrogen (secondary N) is 1. The van der Waals surface area contributed by atoms with E-state index in [1.165, 1.54) is 0 Å². The fourth-order valence-electron chi connectivity index (χ4n) is 2.18. The number of ether oxygens (including phenoxy) is 1. The molecule has 0 bridgehead atoms. The van der Waals surface area contributed by atoms with E-state index in [4.69, 9.17) is 4.74 Å². The van der Waals surface area contributed by atoms with Gasteiger partial charge in [-0.15, -0.1) is 11.3 Å². The van der Waals surface area contributed by atoms with Crippen molar-refractivity contribution in [3.63, 3.8) is 0 Å². The highest BCUT2D eigenvalue weighted by Crippen LogP contribution is 2.21. The summed E-state index contributed by atoms with van der Waals surface area (Å²) in [4.78, 5) is 26.9. The third-order valence-corrected chi connectivity index (χ3v) is 4.48. The summed E-state index contributed by atoms with van der Waals surface area (Å²) in [5.74, 6) is 0.373. The van der Waals surface area contributed by atoms with Crippen molar-refractivity contribution in [2.45, 2.75) is 6.42 Å². The summed E-state index contributed by atoms with van der Waals surface area (Å²) in [6, 6.07) is 14.6. The largest absolute Gasteiger partial charge is 0.484 e. The van der Waals surface area contributed by atoms with E-state index in [1.807, 2.05) is 24.3 Å². The Kier molecular flexibility index (Phi) is 5.18. The molecule has 1 heterocycles. The lowest BCUT2D eigenvalue weighted by Crippen LogP contribution is -2.30. The van der Waals surface area contributed by atoms with Gasteiger partial charge in [0, 0.05) is 18.5 Å². The minimum absolute atomic E-state index is 0.0553. The molecule has 0 unspecified atom stereocenters. The van der Waals surface area contributed by atoms with Crippen molar-refractivity contribution in [3.8, 4) is 5.75 Å². The molecular weight excluding hydrogens is 324 g/mol. The number of carbonyl (C=O) groups excluding carboxylic acids is 2. The zero-order chi connectivity index (χ0) is 16.8. The third kappa shape index (κ3) is 4.17. The fourth-order valence-corrected chi connectivity index (χ4v) is 3.15. The molecule has 1 amide bonds. The first kappa shape index (κ1) is 16.1. The average Bonchev–Trinajstić information content (AvgIpc) is 3.03. The lowest BCUT2D eigenvalue weighted by molar-refractivity contribution is -0.123. The number of hydrogen-bond donors (Lipinski definition) is 1. The van der Waals surface area contributed by atoms with Crippen LogP contribution in [-0.4, -0.2) is 30.3 Å². The van der Waals surface area contributed by atoms with Gasteiger partial charge < -0.3 is 10.1 Å². The van der Waals surface area contributed by atoms with E-state index in [0.717, 1.165) is 21.5 Å². The monoisotopic (exact) mass is 340 g/mol. The first-order valence-electron chi connectivity index (χ1n) is 7.54. The molecule has 5 nitrogen and oxygen atoms in total. The van der Waals surface area contributed by atoms with Crippen molar-refractivity contribution >= 4 is 33.7 Å². The van der Waals surface area contributed by atoms with E-state index in [9.17, 15) is 9.59 Å². The molecule has 0 aliphatic rings. The fraction of sp³-hybridized carbons (Fsp3) is 0.167. The maximum absolute atomic E-state index is 11.8. The zero-order valence-corrected chi connectivity index (χ0v) is 13.7. The van der Waals surface area contributed by atoms with Gasteiger partial charge in [0.25, 0.3) is 5.91 Å². The number of benzene rings is 2. The Hall–Kier alpha value is -2.73. The van der Waals surface area contributed by atoms with Crippen molar-refractivity contribution in [1.82, 2.24) is 10.3 Å². The van der Waals surface area contributed by atoms with Crippen LogP contribution in [0.1, 0.15) is 15.4 Å². The molecule has 0 atom stereocenters. The first-order chi connectivity index (χ1) is 11.7. The molecule has 0 aliphatic heterocycles. The molecule has 3 rings (SSSR count). The molecule has 3 aromatic rings. The molecule has 0 saturated carbocycles. The Morgan fingerprint density at radius 1 is 1.17 bits per heavy atom. The number of nitrogens with zero attached hydrogens (tertiary/aromatic N) is 1. The molecule has 0 saturated heterocycles. The molecule has 24 heavy (non-hydrogen) atoms.